The van der Waals surface area contributed by atoms with Gasteiger partial charge in [0.1, 0.15) is 15.6 Å². The first-order chi connectivity index (χ1) is 14.2. The second-order valence-electron chi connectivity index (χ2n) is 6.42. The fourth-order valence-electron chi connectivity index (χ4n) is 2.53. The fraction of sp³-hybridized carbons (Fsp3) is 0.150. The molecule has 0 aliphatic rings. The van der Waals surface area contributed by atoms with Gasteiger partial charge < -0.3 is 9.84 Å². The average Bonchev–Trinajstić information content (AvgIpc) is 3.28. The summed E-state index contributed by atoms with van der Waals surface area (Å²) < 4.78 is 33.1. The van der Waals surface area contributed by atoms with E-state index in [-0.39, 0.29) is 15.9 Å². The van der Waals surface area contributed by atoms with Crippen LogP contribution in [0, 0.1) is 6.92 Å². The van der Waals surface area contributed by atoms with Gasteiger partial charge >= 0.3 is 0 Å². The van der Waals surface area contributed by atoms with E-state index in [4.69, 9.17) is 4.52 Å². The second-order valence-corrected chi connectivity index (χ2v) is 9.44. The number of amides is 1. The molecule has 2 heterocycles. The molecule has 8 nitrogen and oxygen atoms in total. The maximum Gasteiger partial charge on any atom is 0.271 e. The SMILES string of the molecule is CC(=O)Nc1c(C)noc1/C=C/c1ccc(S(=O)(=O)Nc2ccc(C(C)=O)cc2)s1. The van der Waals surface area contributed by atoms with Gasteiger partial charge in [-0.1, -0.05) is 5.16 Å². The Morgan fingerprint density at radius 1 is 1.07 bits per heavy atom. The predicted octanol–water partition coefficient (Wildman–Crippen LogP) is 4.18. The average molecular weight is 446 g/mol. The maximum atomic E-state index is 12.6. The highest BCUT2D eigenvalue weighted by Gasteiger charge is 2.17. The number of hydrogen-bond acceptors (Lipinski definition) is 7. The molecular formula is C20H19N3O5S2. The summed E-state index contributed by atoms with van der Waals surface area (Å²) in [6.45, 7) is 4.53. The van der Waals surface area contributed by atoms with Crippen LogP contribution in [0.15, 0.2) is 45.1 Å². The molecule has 30 heavy (non-hydrogen) atoms. The first kappa shape index (κ1) is 21.5. The molecule has 0 bridgehead atoms. The number of nitrogens with zero attached hydrogens (tertiary/aromatic N) is 1. The van der Waals surface area contributed by atoms with Crippen LogP contribution in [-0.4, -0.2) is 25.3 Å². The Hall–Kier alpha value is -3.24. The number of aryl methyl sites for hydroxylation is 1. The minimum atomic E-state index is -3.77. The molecule has 0 aliphatic heterocycles. The molecule has 0 atom stereocenters. The van der Waals surface area contributed by atoms with Crippen LogP contribution in [0.4, 0.5) is 11.4 Å². The Bertz CT molecular complexity index is 1220. The molecule has 0 fully saturated rings. The lowest BCUT2D eigenvalue weighted by Crippen LogP contribution is -2.11. The molecule has 0 radical (unpaired) electrons. The summed E-state index contributed by atoms with van der Waals surface area (Å²) in [5.41, 5.74) is 1.88. The number of rotatable bonds is 7. The molecule has 0 aliphatic carbocycles. The second kappa shape index (κ2) is 8.64. The monoisotopic (exact) mass is 445 g/mol. The zero-order valence-electron chi connectivity index (χ0n) is 16.4. The van der Waals surface area contributed by atoms with E-state index < -0.39 is 10.0 Å². The van der Waals surface area contributed by atoms with Gasteiger partial charge in [0.05, 0.1) is 0 Å². The lowest BCUT2D eigenvalue weighted by molar-refractivity contribution is -0.114. The van der Waals surface area contributed by atoms with Gasteiger partial charge in [0, 0.05) is 23.1 Å². The molecule has 3 aromatic rings. The predicted molar refractivity (Wildman–Crippen MR) is 116 cm³/mol. The number of ketones is 1. The van der Waals surface area contributed by atoms with Crippen molar-refractivity contribution in [2.75, 3.05) is 10.0 Å². The van der Waals surface area contributed by atoms with Gasteiger partial charge in [-0.05, 0) is 62.4 Å². The number of Topliss-reactive ketones (excluding diaryl/α,β-unsaturated/α-hetero) is 1. The van der Waals surface area contributed by atoms with Crippen molar-refractivity contribution in [1.29, 1.82) is 0 Å². The van der Waals surface area contributed by atoms with E-state index >= 15 is 0 Å². The lowest BCUT2D eigenvalue weighted by Gasteiger charge is -2.06. The van der Waals surface area contributed by atoms with Gasteiger partial charge in [-0.2, -0.15) is 0 Å². The number of nitrogens with one attached hydrogen (secondary N) is 2. The van der Waals surface area contributed by atoms with Crippen molar-refractivity contribution in [3.8, 4) is 0 Å². The lowest BCUT2D eigenvalue weighted by atomic mass is 10.1. The molecule has 2 aromatic heterocycles. The molecule has 0 saturated carbocycles. The molecular weight excluding hydrogens is 426 g/mol. The van der Waals surface area contributed by atoms with Crippen molar-refractivity contribution in [3.05, 3.63) is 58.3 Å². The van der Waals surface area contributed by atoms with Crippen LogP contribution < -0.4 is 10.0 Å². The van der Waals surface area contributed by atoms with Crippen LogP contribution in [0.25, 0.3) is 12.2 Å². The van der Waals surface area contributed by atoms with E-state index in [1.54, 1.807) is 49.4 Å². The Balaban J connectivity index is 1.76. The van der Waals surface area contributed by atoms with Crippen LogP contribution in [0.5, 0.6) is 0 Å². The number of aromatic nitrogens is 1. The van der Waals surface area contributed by atoms with Crippen LogP contribution in [0.2, 0.25) is 0 Å². The van der Waals surface area contributed by atoms with Crippen LogP contribution >= 0.6 is 11.3 Å². The Morgan fingerprint density at radius 3 is 2.40 bits per heavy atom. The van der Waals surface area contributed by atoms with Crippen molar-refractivity contribution in [3.63, 3.8) is 0 Å². The molecule has 3 rings (SSSR count). The molecule has 0 unspecified atom stereocenters. The topological polar surface area (TPSA) is 118 Å². The van der Waals surface area contributed by atoms with Crippen molar-refractivity contribution in [1.82, 2.24) is 5.16 Å². The standard InChI is InChI=1S/C20H19N3O5S2/c1-12-20(21-14(3)25)18(28-22-12)10-8-17-9-11-19(29-17)30(26,27)23-16-6-4-15(5-7-16)13(2)24/h4-11,23H,1-3H3,(H,21,25)/b10-8+. The highest BCUT2D eigenvalue weighted by atomic mass is 32.2. The van der Waals surface area contributed by atoms with Gasteiger partial charge in [0.2, 0.25) is 5.91 Å². The molecule has 1 amide bonds. The van der Waals surface area contributed by atoms with E-state index in [1.165, 1.54) is 19.9 Å². The van der Waals surface area contributed by atoms with E-state index in [2.05, 4.69) is 15.2 Å². The van der Waals surface area contributed by atoms with Gasteiger partial charge in [-0.3, -0.25) is 14.3 Å². The third kappa shape index (κ3) is 5.02. The normalized spacial score (nSPS) is 11.6. The molecule has 1 aromatic carbocycles. The van der Waals surface area contributed by atoms with Crippen LogP contribution in [-0.2, 0) is 14.8 Å². The van der Waals surface area contributed by atoms with Crippen LogP contribution in [0.1, 0.15) is 40.5 Å². The number of carbonyl (C=O) groups excluding carboxylic acids is 2. The van der Waals surface area contributed by atoms with Crippen molar-refractivity contribution in [2.24, 2.45) is 0 Å². The number of hydrogen-bond donors (Lipinski definition) is 2. The minimum Gasteiger partial charge on any atom is -0.354 e. The summed E-state index contributed by atoms with van der Waals surface area (Å²) in [5.74, 6) is 0.0229. The van der Waals surface area contributed by atoms with Gasteiger partial charge in [0.25, 0.3) is 10.0 Å². The maximum absolute atomic E-state index is 12.6. The minimum absolute atomic E-state index is 0.0947. The highest BCUT2D eigenvalue weighted by Crippen LogP contribution is 2.27. The first-order valence-electron chi connectivity index (χ1n) is 8.81. The quantitative estimate of drug-likeness (QED) is 0.527. The smallest absolute Gasteiger partial charge is 0.271 e. The third-order valence-electron chi connectivity index (χ3n) is 4.00. The third-order valence-corrected chi connectivity index (χ3v) is 6.92. The number of anilines is 2. The summed E-state index contributed by atoms with van der Waals surface area (Å²) in [6, 6.07) is 9.37. The first-order valence-corrected chi connectivity index (χ1v) is 11.1. The highest BCUT2D eigenvalue weighted by molar-refractivity contribution is 7.94. The Labute approximate surface area is 177 Å². The van der Waals surface area contributed by atoms with Crippen molar-refractivity contribution in [2.45, 2.75) is 25.0 Å². The fourth-order valence-corrected chi connectivity index (χ4v) is 4.82. The summed E-state index contributed by atoms with van der Waals surface area (Å²) in [7, 11) is -3.77. The van der Waals surface area contributed by atoms with E-state index in [0.717, 1.165) is 11.3 Å². The number of benzene rings is 1. The molecule has 156 valence electrons. The summed E-state index contributed by atoms with van der Waals surface area (Å²) in [4.78, 5) is 23.3. The summed E-state index contributed by atoms with van der Waals surface area (Å²) in [6.07, 6.45) is 3.29. The van der Waals surface area contributed by atoms with Crippen molar-refractivity contribution >= 4 is 56.6 Å². The zero-order chi connectivity index (χ0) is 21.9. The largest absolute Gasteiger partial charge is 0.354 e. The number of carbonyl (C=O) groups is 2. The summed E-state index contributed by atoms with van der Waals surface area (Å²) in [5, 5.41) is 6.48. The molecule has 0 spiro atoms. The van der Waals surface area contributed by atoms with E-state index in [0.29, 0.717) is 33.3 Å². The molecule has 2 N–H and O–H groups in total. The Kier molecular flexibility index (Phi) is 6.18. The molecule has 0 saturated heterocycles. The van der Waals surface area contributed by atoms with Crippen LogP contribution in [0.3, 0.4) is 0 Å². The van der Waals surface area contributed by atoms with Gasteiger partial charge in [0.15, 0.2) is 11.5 Å². The zero-order valence-corrected chi connectivity index (χ0v) is 18.1. The van der Waals surface area contributed by atoms with E-state index in [1.807, 2.05) is 0 Å². The Morgan fingerprint density at radius 2 is 1.77 bits per heavy atom. The van der Waals surface area contributed by atoms with Gasteiger partial charge in [-0.15, -0.1) is 11.3 Å². The number of thiophene rings is 1. The molecule has 10 heteroatoms. The van der Waals surface area contributed by atoms with Crippen molar-refractivity contribution < 1.29 is 22.5 Å². The number of sulfonamides is 1. The van der Waals surface area contributed by atoms with Gasteiger partial charge in [-0.25, -0.2) is 8.42 Å². The summed E-state index contributed by atoms with van der Waals surface area (Å²) >= 11 is 1.07. The van der Waals surface area contributed by atoms with E-state index in [9.17, 15) is 18.0 Å².